The van der Waals surface area contributed by atoms with Gasteiger partial charge >= 0.3 is 0 Å². The molecule has 0 aliphatic carbocycles. The minimum atomic E-state index is -0.175. The van der Waals surface area contributed by atoms with Gasteiger partial charge in [0.15, 0.2) is 18.1 Å². The van der Waals surface area contributed by atoms with E-state index in [1.54, 1.807) is 24.5 Å². The third kappa shape index (κ3) is 4.35. The monoisotopic (exact) mass is 314 g/mol. The van der Waals surface area contributed by atoms with Gasteiger partial charge < -0.3 is 19.5 Å². The van der Waals surface area contributed by atoms with Crippen LogP contribution in [-0.4, -0.2) is 36.8 Å². The molecule has 0 bridgehead atoms. The minimum Gasteiger partial charge on any atom is -0.486 e. The largest absolute Gasteiger partial charge is 0.486 e. The number of carbonyl (C=O) groups is 1. The molecule has 0 fully saturated rings. The molecule has 2 heterocycles. The molecule has 1 amide bonds. The maximum absolute atomic E-state index is 11.7. The number of rotatable bonds is 6. The predicted octanol–water partition coefficient (Wildman–Crippen LogP) is 1.81. The molecule has 1 atom stereocenters. The average molecular weight is 314 g/mol. The maximum Gasteiger partial charge on any atom is 0.257 e. The summed E-state index contributed by atoms with van der Waals surface area (Å²) in [6.07, 6.45) is 3.83. The molecule has 0 saturated heterocycles. The first-order valence-electron chi connectivity index (χ1n) is 7.49. The van der Waals surface area contributed by atoms with E-state index < -0.39 is 0 Å². The van der Waals surface area contributed by atoms with Crippen molar-refractivity contribution in [3.05, 3.63) is 48.8 Å². The van der Waals surface area contributed by atoms with Gasteiger partial charge in [-0.2, -0.15) is 0 Å². The molecule has 0 radical (unpaired) electrons. The van der Waals surface area contributed by atoms with E-state index in [4.69, 9.17) is 14.2 Å². The number of nitrogens with one attached hydrogen (secondary N) is 1. The third-order valence-electron chi connectivity index (χ3n) is 3.36. The molecular weight excluding hydrogens is 296 g/mol. The van der Waals surface area contributed by atoms with E-state index in [1.165, 1.54) is 0 Å². The van der Waals surface area contributed by atoms with Crippen molar-refractivity contribution in [2.45, 2.75) is 12.5 Å². The van der Waals surface area contributed by atoms with Gasteiger partial charge in [-0.1, -0.05) is 12.1 Å². The summed E-state index contributed by atoms with van der Waals surface area (Å²) in [7, 11) is 0. The Balaban J connectivity index is 1.36. The lowest BCUT2D eigenvalue weighted by Gasteiger charge is -2.26. The van der Waals surface area contributed by atoms with Gasteiger partial charge in [0.25, 0.3) is 5.91 Å². The number of hydrogen-bond acceptors (Lipinski definition) is 5. The van der Waals surface area contributed by atoms with Gasteiger partial charge in [0.1, 0.15) is 18.5 Å². The lowest BCUT2D eigenvalue weighted by Crippen LogP contribution is -2.35. The molecule has 0 saturated carbocycles. The van der Waals surface area contributed by atoms with Crippen LogP contribution in [0.25, 0.3) is 0 Å². The highest BCUT2D eigenvalue weighted by Crippen LogP contribution is 2.31. The van der Waals surface area contributed by atoms with Gasteiger partial charge in [0, 0.05) is 19.2 Å². The molecule has 1 aromatic carbocycles. The summed E-state index contributed by atoms with van der Waals surface area (Å²) in [6.45, 7) is 0.959. The van der Waals surface area contributed by atoms with E-state index in [9.17, 15) is 4.79 Å². The normalized spacial score (nSPS) is 15.7. The molecule has 1 aromatic heterocycles. The number of hydrogen-bond donors (Lipinski definition) is 1. The smallest absolute Gasteiger partial charge is 0.257 e. The Morgan fingerprint density at radius 1 is 1.26 bits per heavy atom. The number of fused-ring (bicyclic) bond motifs is 1. The zero-order valence-electron chi connectivity index (χ0n) is 12.6. The van der Waals surface area contributed by atoms with Crippen molar-refractivity contribution in [3.63, 3.8) is 0 Å². The number of ether oxygens (including phenoxy) is 3. The predicted molar refractivity (Wildman–Crippen MR) is 83.7 cm³/mol. The zero-order chi connectivity index (χ0) is 15.9. The molecular formula is C17H18N2O4. The van der Waals surface area contributed by atoms with Gasteiger partial charge in [-0.05, 0) is 24.3 Å². The SMILES string of the molecule is O=C(COc1cccnc1)NCC[C@H]1COc2ccccc2O1. The van der Waals surface area contributed by atoms with E-state index in [0.29, 0.717) is 25.3 Å². The van der Waals surface area contributed by atoms with E-state index in [2.05, 4.69) is 10.3 Å². The number of carbonyl (C=O) groups excluding carboxylic acids is 1. The molecule has 6 heteroatoms. The standard InChI is InChI=1S/C17H18N2O4/c20-17(12-21-13-4-3-8-18-10-13)19-9-7-14-11-22-15-5-1-2-6-16(15)23-14/h1-6,8,10,14H,7,9,11-12H2,(H,19,20)/t14-/m0/s1. The third-order valence-corrected chi connectivity index (χ3v) is 3.36. The summed E-state index contributed by atoms with van der Waals surface area (Å²) >= 11 is 0. The molecule has 3 rings (SSSR count). The number of para-hydroxylation sites is 2. The molecule has 6 nitrogen and oxygen atoms in total. The Morgan fingerprint density at radius 2 is 2.13 bits per heavy atom. The lowest BCUT2D eigenvalue weighted by molar-refractivity contribution is -0.123. The van der Waals surface area contributed by atoms with Crippen molar-refractivity contribution in [1.29, 1.82) is 0 Å². The Bertz CT molecular complexity index is 648. The molecule has 0 unspecified atom stereocenters. The molecule has 2 aromatic rings. The van der Waals surface area contributed by atoms with Gasteiger partial charge in [0.05, 0.1) is 6.20 Å². The fourth-order valence-electron chi connectivity index (χ4n) is 2.21. The van der Waals surface area contributed by atoms with Crippen LogP contribution in [0.3, 0.4) is 0 Å². The Morgan fingerprint density at radius 3 is 2.96 bits per heavy atom. The second-order valence-corrected chi connectivity index (χ2v) is 5.11. The summed E-state index contributed by atoms with van der Waals surface area (Å²) in [6, 6.07) is 11.1. The molecule has 120 valence electrons. The van der Waals surface area contributed by atoms with Crippen molar-refractivity contribution in [1.82, 2.24) is 10.3 Å². The van der Waals surface area contributed by atoms with Gasteiger partial charge in [-0.15, -0.1) is 0 Å². The Hall–Kier alpha value is -2.76. The van der Waals surface area contributed by atoms with E-state index in [-0.39, 0.29) is 18.6 Å². The summed E-state index contributed by atoms with van der Waals surface area (Å²) in [5.74, 6) is 1.90. The highest BCUT2D eigenvalue weighted by molar-refractivity contribution is 5.77. The maximum atomic E-state index is 11.7. The molecule has 23 heavy (non-hydrogen) atoms. The van der Waals surface area contributed by atoms with Crippen LogP contribution in [0, 0.1) is 0 Å². The van der Waals surface area contributed by atoms with Crippen molar-refractivity contribution < 1.29 is 19.0 Å². The molecule has 1 aliphatic heterocycles. The average Bonchev–Trinajstić information content (AvgIpc) is 2.61. The first-order valence-corrected chi connectivity index (χ1v) is 7.49. The van der Waals surface area contributed by atoms with Crippen LogP contribution in [0.5, 0.6) is 17.2 Å². The van der Waals surface area contributed by atoms with Gasteiger partial charge in [-0.3, -0.25) is 9.78 Å². The van der Waals surface area contributed by atoms with Crippen LogP contribution in [0.2, 0.25) is 0 Å². The lowest BCUT2D eigenvalue weighted by atomic mass is 10.2. The summed E-state index contributed by atoms with van der Waals surface area (Å²) in [5.41, 5.74) is 0. The fourth-order valence-corrected chi connectivity index (χ4v) is 2.21. The zero-order valence-corrected chi connectivity index (χ0v) is 12.6. The topological polar surface area (TPSA) is 69.7 Å². The van der Waals surface area contributed by atoms with Gasteiger partial charge in [0.2, 0.25) is 0 Å². The van der Waals surface area contributed by atoms with E-state index >= 15 is 0 Å². The van der Waals surface area contributed by atoms with Crippen molar-refractivity contribution >= 4 is 5.91 Å². The van der Waals surface area contributed by atoms with E-state index in [1.807, 2.05) is 24.3 Å². The van der Waals surface area contributed by atoms with Crippen LogP contribution in [-0.2, 0) is 4.79 Å². The molecule has 1 N–H and O–H groups in total. The minimum absolute atomic E-state index is 0.0312. The van der Waals surface area contributed by atoms with Crippen molar-refractivity contribution in [2.24, 2.45) is 0 Å². The van der Waals surface area contributed by atoms with Crippen molar-refractivity contribution in [2.75, 3.05) is 19.8 Å². The summed E-state index contributed by atoms with van der Waals surface area (Å²) < 4.78 is 16.8. The van der Waals surface area contributed by atoms with Gasteiger partial charge in [-0.25, -0.2) is 0 Å². The van der Waals surface area contributed by atoms with Crippen LogP contribution in [0.1, 0.15) is 6.42 Å². The van der Waals surface area contributed by atoms with Crippen molar-refractivity contribution in [3.8, 4) is 17.2 Å². The molecule has 1 aliphatic rings. The molecule has 0 spiro atoms. The van der Waals surface area contributed by atoms with Crippen LogP contribution in [0.4, 0.5) is 0 Å². The first kappa shape index (κ1) is 15.1. The number of benzene rings is 1. The number of pyridine rings is 1. The summed E-state index contributed by atoms with van der Waals surface area (Å²) in [5, 5.41) is 2.80. The Labute approximate surface area is 134 Å². The second kappa shape index (κ2) is 7.49. The highest BCUT2D eigenvalue weighted by Gasteiger charge is 2.20. The first-order chi connectivity index (χ1) is 11.3. The van der Waals surface area contributed by atoms with Crippen LogP contribution in [0.15, 0.2) is 48.8 Å². The van der Waals surface area contributed by atoms with E-state index in [0.717, 1.165) is 11.5 Å². The highest BCUT2D eigenvalue weighted by atomic mass is 16.6. The number of amides is 1. The van der Waals surface area contributed by atoms with Crippen LogP contribution >= 0.6 is 0 Å². The second-order valence-electron chi connectivity index (χ2n) is 5.11. The fraction of sp³-hybridized carbons (Fsp3) is 0.294. The number of aromatic nitrogens is 1. The summed E-state index contributed by atoms with van der Waals surface area (Å²) in [4.78, 5) is 15.6. The quantitative estimate of drug-likeness (QED) is 0.880. The Kier molecular flexibility index (Phi) is 4.93. The van der Waals surface area contributed by atoms with Crippen LogP contribution < -0.4 is 19.5 Å². The number of nitrogens with zero attached hydrogens (tertiary/aromatic N) is 1.